The zero-order valence-corrected chi connectivity index (χ0v) is 14.9. The van der Waals surface area contributed by atoms with Crippen LogP contribution in [0.15, 0.2) is 40.3 Å². The van der Waals surface area contributed by atoms with Crippen LogP contribution in [0, 0.1) is 10.1 Å². The lowest BCUT2D eigenvalue weighted by atomic mass is 10.2. The van der Waals surface area contributed by atoms with Crippen molar-refractivity contribution in [1.29, 1.82) is 0 Å². The molecule has 1 saturated heterocycles. The first-order valence-corrected chi connectivity index (χ1v) is 8.47. The van der Waals surface area contributed by atoms with Crippen molar-refractivity contribution in [3.63, 3.8) is 0 Å². The number of halogens is 1. The van der Waals surface area contributed by atoms with Crippen molar-refractivity contribution in [1.82, 2.24) is 4.90 Å². The minimum atomic E-state index is -1.02. The molecule has 1 aromatic carbocycles. The third-order valence-electron chi connectivity index (χ3n) is 3.10. The number of nitrogens with zero attached hydrogens (tertiary/aromatic N) is 2. The van der Waals surface area contributed by atoms with E-state index >= 15 is 0 Å². The number of hydrogen-bond acceptors (Lipinski definition) is 6. The normalized spacial score (nSPS) is 16.6. The quantitative estimate of drug-likeness (QED) is 0.339. The van der Waals surface area contributed by atoms with E-state index in [9.17, 15) is 19.7 Å². The molecule has 1 fully saturated rings. The average Bonchev–Trinajstić information content (AvgIpc) is 2.79. The Hall–Kier alpha value is -2.23. The summed E-state index contributed by atoms with van der Waals surface area (Å²) in [4.78, 5) is 34.5. The molecule has 1 amide bonds. The lowest BCUT2D eigenvalue weighted by molar-refractivity contribution is -0.384. The second-order valence-electron chi connectivity index (χ2n) is 4.85. The molecule has 1 aliphatic rings. The zero-order chi connectivity index (χ0) is 18.6. The van der Waals surface area contributed by atoms with Gasteiger partial charge < -0.3 is 5.11 Å². The van der Waals surface area contributed by atoms with Gasteiger partial charge in [-0.3, -0.25) is 24.6 Å². The molecule has 0 spiro atoms. The van der Waals surface area contributed by atoms with Crippen molar-refractivity contribution >= 4 is 63.5 Å². The summed E-state index contributed by atoms with van der Waals surface area (Å²) in [6, 6.07) is 5.77. The van der Waals surface area contributed by atoms with Gasteiger partial charge in [0.2, 0.25) is 0 Å². The van der Waals surface area contributed by atoms with Crippen LogP contribution in [-0.2, 0) is 9.59 Å². The molecule has 1 heterocycles. The SMILES string of the molecule is O=C(O)CCN1C(=O)/C(=C\C(Cl)=C\c2ccc([N+](=O)[O-])cc2)SC1=S. The molecule has 7 nitrogen and oxygen atoms in total. The van der Waals surface area contributed by atoms with E-state index in [-0.39, 0.29) is 28.0 Å². The molecule has 0 aromatic heterocycles. The van der Waals surface area contributed by atoms with Crippen LogP contribution in [0.25, 0.3) is 6.08 Å². The molecule has 0 bridgehead atoms. The monoisotopic (exact) mass is 398 g/mol. The Morgan fingerprint density at radius 3 is 2.60 bits per heavy atom. The predicted octanol–water partition coefficient (Wildman–Crippen LogP) is 3.39. The number of carbonyl (C=O) groups excluding carboxylic acids is 1. The molecule has 1 N–H and O–H groups in total. The van der Waals surface area contributed by atoms with Gasteiger partial charge in [0.05, 0.1) is 16.2 Å². The molecule has 10 heteroatoms. The summed E-state index contributed by atoms with van der Waals surface area (Å²) in [7, 11) is 0. The van der Waals surface area contributed by atoms with Crippen LogP contribution in [0.4, 0.5) is 5.69 Å². The maximum atomic E-state index is 12.2. The zero-order valence-electron chi connectivity index (χ0n) is 12.5. The lowest BCUT2D eigenvalue weighted by Crippen LogP contribution is -2.30. The number of hydrogen-bond donors (Lipinski definition) is 1. The molecule has 25 heavy (non-hydrogen) atoms. The largest absolute Gasteiger partial charge is 0.481 e. The van der Waals surface area contributed by atoms with Crippen LogP contribution in [0.5, 0.6) is 0 Å². The highest BCUT2D eigenvalue weighted by Gasteiger charge is 2.32. The van der Waals surface area contributed by atoms with E-state index in [1.54, 1.807) is 6.08 Å². The fourth-order valence-electron chi connectivity index (χ4n) is 1.92. The number of benzene rings is 1. The number of carboxylic acid groups (broad SMARTS) is 1. The lowest BCUT2D eigenvalue weighted by Gasteiger charge is -2.12. The smallest absolute Gasteiger partial charge is 0.305 e. The second-order valence-corrected chi connectivity index (χ2v) is 6.97. The van der Waals surface area contributed by atoms with E-state index in [2.05, 4.69) is 0 Å². The van der Waals surface area contributed by atoms with E-state index in [4.69, 9.17) is 28.9 Å². The first-order valence-electron chi connectivity index (χ1n) is 6.87. The molecule has 0 aliphatic carbocycles. The number of rotatable bonds is 6. The number of nitro groups is 1. The van der Waals surface area contributed by atoms with Crippen LogP contribution in [0.1, 0.15) is 12.0 Å². The summed E-state index contributed by atoms with van der Waals surface area (Å²) in [5, 5.41) is 19.6. The number of amides is 1. The van der Waals surface area contributed by atoms with Crippen LogP contribution >= 0.6 is 35.6 Å². The van der Waals surface area contributed by atoms with Crippen LogP contribution < -0.4 is 0 Å². The molecule has 0 saturated carbocycles. The number of carboxylic acids is 1. The van der Waals surface area contributed by atoms with E-state index < -0.39 is 16.8 Å². The van der Waals surface area contributed by atoms with Gasteiger partial charge in [-0.25, -0.2) is 0 Å². The highest BCUT2D eigenvalue weighted by Crippen LogP contribution is 2.32. The topological polar surface area (TPSA) is 101 Å². The number of carbonyl (C=O) groups is 2. The summed E-state index contributed by atoms with van der Waals surface area (Å²) < 4.78 is 0.275. The van der Waals surface area contributed by atoms with E-state index in [1.165, 1.54) is 35.2 Å². The standard InChI is InChI=1S/C15H11ClN2O5S2/c16-10(7-9-1-3-11(4-2-9)18(22)23)8-12-14(21)17(15(24)25-12)6-5-13(19)20/h1-4,7-8H,5-6H2,(H,19,20)/b10-7-,12-8+. The minimum Gasteiger partial charge on any atom is -0.481 e. The van der Waals surface area contributed by atoms with Gasteiger partial charge in [-0.2, -0.15) is 0 Å². The van der Waals surface area contributed by atoms with Crippen molar-refractivity contribution in [3.05, 3.63) is 56.0 Å². The fraction of sp³-hybridized carbons (Fsp3) is 0.133. The number of allylic oxidation sites excluding steroid dienone is 2. The first kappa shape index (κ1) is 19.1. The number of thioether (sulfide) groups is 1. The predicted molar refractivity (Wildman–Crippen MR) is 99.2 cm³/mol. The van der Waals surface area contributed by atoms with Gasteiger partial charge in [-0.05, 0) is 29.8 Å². The number of nitro benzene ring substituents is 1. The van der Waals surface area contributed by atoms with Gasteiger partial charge in [0.15, 0.2) is 0 Å². The highest BCUT2D eigenvalue weighted by atomic mass is 35.5. The van der Waals surface area contributed by atoms with Crippen molar-refractivity contribution in [2.45, 2.75) is 6.42 Å². The van der Waals surface area contributed by atoms with Crippen molar-refractivity contribution in [3.8, 4) is 0 Å². The van der Waals surface area contributed by atoms with Gasteiger partial charge >= 0.3 is 5.97 Å². The van der Waals surface area contributed by atoms with E-state index in [0.717, 1.165) is 11.8 Å². The Labute approximate surface area is 157 Å². The van der Waals surface area contributed by atoms with Gasteiger partial charge in [0.1, 0.15) is 4.32 Å². The summed E-state index contributed by atoms with van der Waals surface area (Å²) in [6.07, 6.45) is 2.78. The van der Waals surface area contributed by atoms with Crippen molar-refractivity contribution in [2.24, 2.45) is 0 Å². The number of non-ortho nitro benzene ring substituents is 1. The Balaban J connectivity index is 2.13. The molecular formula is C15H11ClN2O5S2. The molecule has 0 unspecified atom stereocenters. The van der Waals surface area contributed by atoms with Gasteiger partial charge in [0, 0.05) is 23.7 Å². The fourth-order valence-corrected chi connectivity index (χ4v) is 3.52. The summed E-state index contributed by atoms with van der Waals surface area (Å²) in [5.74, 6) is -1.42. The average molecular weight is 399 g/mol. The van der Waals surface area contributed by atoms with Crippen molar-refractivity contribution in [2.75, 3.05) is 6.54 Å². The third kappa shape index (κ3) is 5.12. The molecule has 1 aliphatic heterocycles. The molecule has 0 atom stereocenters. The van der Waals surface area contributed by atoms with Gasteiger partial charge in [-0.1, -0.05) is 35.6 Å². The minimum absolute atomic E-state index is 0.00102. The molecule has 2 rings (SSSR count). The summed E-state index contributed by atoms with van der Waals surface area (Å²) in [5.41, 5.74) is 0.598. The Morgan fingerprint density at radius 2 is 2.04 bits per heavy atom. The molecule has 0 radical (unpaired) electrons. The van der Waals surface area contributed by atoms with Crippen LogP contribution in [0.3, 0.4) is 0 Å². The van der Waals surface area contributed by atoms with E-state index in [1.807, 2.05) is 0 Å². The van der Waals surface area contributed by atoms with Gasteiger partial charge in [-0.15, -0.1) is 0 Å². The molecule has 1 aromatic rings. The molecule has 130 valence electrons. The third-order valence-corrected chi connectivity index (χ3v) is 4.70. The van der Waals surface area contributed by atoms with Crippen molar-refractivity contribution < 1.29 is 19.6 Å². The van der Waals surface area contributed by atoms with Gasteiger partial charge in [0.25, 0.3) is 11.6 Å². The number of thiocarbonyl (C=S) groups is 1. The Kier molecular flexibility index (Phi) is 6.29. The Morgan fingerprint density at radius 1 is 1.40 bits per heavy atom. The second kappa shape index (κ2) is 8.24. The van der Waals surface area contributed by atoms with Crippen LogP contribution in [0.2, 0.25) is 0 Å². The van der Waals surface area contributed by atoms with Crippen LogP contribution in [-0.4, -0.2) is 37.7 Å². The van der Waals surface area contributed by atoms with E-state index in [0.29, 0.717) is 10.5 Å². The first-order chi connectivity index (χ1) is 11.8. The Bertz CT molecular complexity index is 805. The molecular weight excluding hydrogens is 388 g/mol. The maximum Gasteiger partial charge on any atom is 0.305 e. The summed E-state index contributed by atoms with van der Waals surface area (Å²) in [6.45, 7) is 0.00102. The summed E-state index contributed by atoms with van der Waals surface area (Å²) >= 11 is 12.2. The maximum absolute atomic E-state index is 12.2. The number of aliphatic carboxylic acids is 1. The highest BCUT2D eigenvalue weighted by molar-refractivity contribution is 8.26.